The van der Waals surface area contributed by atoms with Gasteiger partial charge in [0, 0.05) is 17.4 Å². The van der Waals surface area contributed by atoms with E-state index >= 15 is 0 Å². The molecule has 0 radical (unpaired) electrons. The molecule has 2 aromatic rings. The van der Waals surface area contributed by atoms with Crippen LogP contribution >= 0.6 is 11.6 Å². The molecule has 0 amide bonds. The third-order valence-electron chi connectivity index (χ3n) is 3.30. The van der Waals surface area contributed by atoms with E-state index in [-0.39, 0.29) is 4.90 Å². The fourth-order valence-electron chi connectivity index (χ4n) is 2.04. The quantitative estimate of drug-likeness (QED) is 0.693. The summed E-state index contributed by atoms with van der Waals surface area (Å²) >= 11 is 5.83. The Morgan fingerprint density at radius 1 is 1.00 bits per heavy atom. The lowest BCUT2D eigenvalue weighted by Gasteiger charge is -2.08. The number of alkyl halides is 1. The molecule has 0 aliphatic carbocycles. The molecule has 2 aromatic carbocycles. The lowest BCUT2D eigenvalue weighted by Crippen LogP contribution is -2.10. The molecular weight excluding hydrogens is 350 g/mol. The Bertz CT molecular complexity index is 757. The van der Waals surface area contributed by atoms with Gasteiger partial charge in [-0.3, -0.25) is 0 Å². The van der Waals surface area contributed by atoms with Crippen LogP contribution in [0.25, 0.3) is 0 Å². The van der Waals surface area contributed by atoms with E-state index in [0.717, 1.165) is 12.0 Å². The second-order valence-corrected chi connectivity index (χ2v) is 9.29. The van der Waals surface area contributed by atoms with Gasteiger partial charge in [0.2, 0.25) is 0 Å². The van der Waals surface area contributed by atoms with Crippen molar-refractivity contribution in [1.29, 1.82) is 0 Å². The van der Waals surface area contributed by atoms with E-state index in [2.05, 4.69) is 3.77 Å². The molecule has 0 aliphatic rings. The Hall–Kier alpha value is -1.17. The van der Waals surface area contributed by atoms with Crippen LogP contribution in [0.2, 0.25) is 0 Å². The first kappa shape index (κ1) is 18.2. The van der Waals surface area contributed by atoms with Crippen LogP contribution < -0.4 is 0 Å². The Balaban J connectivity index is 2.18. The summed E-state index contributed by atoms with van der Waals surface area (Å²) < 4.78 is 29.0. The Morgan fingerprint density at radius 2 is 1.65 bits per heavy atom. The highest BCUT2D eigenvalue weighted by Gasteiger charge is 2.13. The zero-order chi connectivity index (χ0) is 16.7. The molecular formula is C17H20ClNO2S2. The van der Waals surface area contributed by atoms with E-state index < -0.39 is 20.7 Å². The Labute approximate surface area is 145 Å². The van der Waals surface area contributed by atoms with Crippen molar-refractivity contribution in [3.63, 3.8) is 0 Å². The lowest BCUT2D eigenvalue weighted by molar-refractivity contribution is 0.598. The van der Waals surface area contributed by atoms with Crippen molar-refractivity contribution in [2.24, 2.45) is 3.77 Å². The minimum absolute atomic E-state index is 0.245. The van der Waals surface area contributed by atoms with E-state index in [1.54, 1.807) is 24.3 Å². The van der Waals surface area contributed by atoms with Crippen LogP contribution in [0.15, 0.2) is 63.3 Å². The fraction of sp³-hybridized carbons (Fsp3) is 0.294. The number of halogens is 1. The summed E-state index contributed by atoms with van der Waals surface area (Å²) in [5.74, 6) is 1.69. The van der Waals surface area contributed by atoms with Crippen molar-refractivity contribution < 1.29 is 8.42 Å². The Kier molecular flexibility index (Phi) is 6.81. The van der Waals surface area contributed by atoms with Crippen LogP contribution in [0.4, 0.5) is 0 Å². The van der Waals surface area contributed by atoms with E-state index in [4.69, 9.17) is 11.6 Å². The van der Waals surface area contributed by atoms with Gasteiger partial charge in [0.1, 0.15) is 0 Å². The van der Waals surface area contributed by atoms with Gasteiger partial charge in [-0.25, -0.2) is 0 Å². The molecule has 1 atom stereocenters. The monoisotopic (exact) mass is 369 g/mol. The highest BCUT2D eigenvalue weighted by atomic mass is 35.5. The van der Waals surface area contributed by atoms with Crippen molar-refractivity contribution >= 4 is 32.3 Å². The normalized spacial score (nSPS) is 13.1. The number of rotatable bonds is 7. The molecule has 0 aromatic heterocycles. The largest absolute Gasteiger partial charge is 0.287 e. The predicted octanol–water partition coefficient (Wildman–Crippen LogP) is 3.97. The second-order valence-electron chi connectivity index (χ2n) is 5.16. The highest BCUT2D eigenvalue weighted by Crippen LogP contribution is 2.15. The highest BCUT2D eigenvalue weighted by molar-refractivity contribution is 8.00. The molecule has 2 rings (SSSR count). The van der Waals surface area contributed by atoms with Crippen LogP contribution in [-0.4, -0.2) is 25.8 Å². The fourth-order valence-corrected chi connectivity index (χ4v) is 5.96. The molecule has 0 bridgehead atoms. The molecule has 0 heterocycles. The molecule has 3 nitrogen and oxygen atoms in total. The summed E-state index contributed by atoms with van der Waals surface area (Å²) in [7, 11) is -4.22. The van der Waals surface area contributed by atoms with Gasteiger partial charge in [-0.2, -0.15) is 8.42 Å². The number of hydrogen-bond acceptors (Lipinski definition) is 2. The summed E-state index contributed by atoms with van der Waals surface area (Å²) in [5, 5.41) is 0. The molecule has 0 saturated heterocycles. The van der Waals surface area contributed by atoms with Crippen molar-refractivity contribution in [3.8, 4) is 0 Å². The number of hydrogen-bond donors (Lipinski definition) is 0. The van der Waals surface area contributed by atoms with Crippen LogP contribution in [0.1, 0.15) is 11.1 Å². The first-order valence-electron chi connectivity index (χ1n) is 7.33. The predicted molar refractivity (Wildman–Crippen MR) is 98.8 cm³/mol. The van der Waals surface area contributed by atoms with Crippen LogP contribution in [0.5, 0.6) is 0 Å². The number of sulfonamides is 1. The topological polar surface area (TPSA) is 46.5 Å². The zero-order valence-electron chi connectivity index (χ0n) is 13.0. The van der Waals surface area contributed by atoms with Gasteiger partial charge >= 0.3 is 0 Å². The average Bonchev–Trinajstić information content (AvgIpc) is 2.54. The molecule has 0 saturated carbocycles. The zero-order valence-corrected chi connectivity index (χ0v) is 15.4. The first-order chi connectivity index (χ1) is 11.0. The number of nitrogens with zero attached hydrogens (tertiary/aromatic N) is 1. The summed E-state index contributed by atoms with van der Waals surface area (Å²) in [4.78, 5) is 0.245. The van der Waals surface area contributed by atoms with E-state index in [1.165, 1.54) is 5.56 Å². The van der Waals surface area contributed by atoms with Crippen LogP contribution in [0.3, 0.4) is 0 Å². The van der Waals surface area contributed by atoms with Gasteiger partial charge in [-0.1, -0.05) is 58.7 Å². The van der Waals surface area contributed by atoms with Crippen molar-refractivity contribution in [2.75, 3.05) is 17.4 Å². The molecule has 6 heteroatoms. The van der Waals surface area contributed by atoms with Crippen molar-refractivity contribution in [2.45, 2.75) is 18.2 Å². The van der Waals surface area contributed by atoms with Gasteiger partial charge in [-0.05, 0) is 31.0 Å². The molecule has 0 aliphatic heterocycles. The summed E-state index contributed by atoms with van der Waals surface area (Å²) in [6.45, 7) is 1.92. The van der Waals surface area contributed by atoms with Crippen molar-refractivity contribution in [1.82, 2.24) is 0 Å². The molecule has 124 valence electrons. The first-order valence-corrected chi connectivity index (χ1v) is 10.8. The number of benzene rings is 2. The maximum Gasteiger partial charge on any atom is 0.287 e. The van der Waals surface area contributed by atoms with Crippen LogP contribution in [0, 0.1) is 6.92 Å². The standard InChI is InChI=1S/C17H20ClNO2S2/c1-15-7-9-17(10-8-15)23(20,21)19-22(14-12-18)13-11-16-5-3-2-4-6-16/h2-10H,11-14H2,1H3/t22-/m0/s1. The summed E-state index contributed by atoms with van der Waals surface area (Å²) in [6.07, 6.45) is 0.799. The van der Waals surface area contributed by atoms with E-state index in [0.29, 0.717) is 17.4 Å². The SMILES string of the molecule is Cc1ccc(S(=O)(=O)N=[S@](CCCl)CCc2ccccc2)cc1. The van der Waals surface area contributed by atoms with Gasteiger partial charge in [-0.15, -0.1) is 15.4 Å². The minimum Gasteiger partial charge on any atom is -0.199 e. The molecule has 0 unspecified atom stereocenters. The number of aryl methyl sites for hydroxylation is 2. The molecule has 23 heavy (non-hydrogen) atoms. The average molecular weight is 370 g/mol. The van der Waals surface area contributed by atoms with Gasteiger partial charge in [0.25, 0.3) is 10.0 Å². The molecule has 0 fully saturated rings. The van der Waals surface area contributed by atoms with Crippen LogP contribution in [-0.2, 0) is 27.1 Å². The third-order valence-corrected chi connectivity index (χ3v) is 7.56. The van der Waals surface area contributed by atoms with Crippen molar-refractivity contribution in [3.05, 3.63) is 65.7 Å². The maximum absolute atomic E-state index is 12.4. The van der Waals surface area contributed by atoms with E-state index in [1.807, 2.05) is 37.3 Å². The third kappa shape index (κ3) is 5.75. The summed E-state index contributed by atoms with van der Waals surface area (Å²) in [6, 6.07) is 16.8. The minimum atomic E-state index is -3.62. The smallest absolute Gasteiger partial charge is 0.199 e. The summed E-state index contributed by atoms with van der Waals surface area (Å²) in [5.41, 5.74) is 2.20. The van der Waals surface area contributed by atoms with Gasteiger partial charge in [0.05, 0.1) is 4.90 Å². The second kappa shape index (κ2) is 8.62. The van der Waals surface area contributed by atoms with Gasteiger partial charge < -0.3 is 0 Å². The maximum atomic E-state index is 12.4. The van der Waals surface area contributed by atoms with Gasteiger partial charge in [0.15, 0.2) is 0 Å². The Morgan fingerprint density at radius 3 is 2.26 bits per heavy atom. The lowest BCUT2D eigenvalue weighted by atomic mass is 10.2. The van der Waals surface area contributed by atoms with E-state index in [9.17, 15) is 8.42 Å². The molecule has 0 spiro atoms. The molecule has 0 N–H and O–H groups in total.